The quantitative estimate of drug-likeness (QED) is 0.590. The number of methoxy groups -OCH3 is 1. The molecule has 0 fully saturated rings. The van der Waals surface area contributed by atoms with Crippen molar-refractivity contribution in [1.29, 1.82) is 0 Å². The van der Waals surface area contributed by atoms with Gasteiger partial charge in [-0.3, -0.25) is 4.79 Å². The average molecular weight is 409 g/mol. The zero-order valence-electron chi connectivity index (χ0n) is 15.3. The number of thioether (sulfide) groups is 1. The number of amides is 1. The molecule has 8 heteroatoms. The lowest BCUT2D eigenvalue weighted by atomic mass is 10.3. The third-order valence-corrected chi connectivity index (χ3v) is 6.18. The van der Waals surface area contributed by atoms with E-state index < -0.39 is 10.0 Å². The molecule has 0 spiro atoms. The van der Waals surface area contributed by atoms with E-state index in [1.807, 2.05) is 30.3 Å². The highest BCUT2D eigenvalue weighted by atomic mass is 32.2. The average Bonchev–Trinajstić information content (AvgIpc) is 2.63. The molecule has 27 heavy (non-hydrogen) atoms. The second-order valence-corrected chi connectivity index (χ2v) is 8.84. The van der Waals surface area contributed by atoms with E-state index in [2.05, 4.69) is 10.0 Å². The molecular weight excluding hydrogens is 384 g/mol. The van der Waals surface area contributed by atoms with Gasteiger partial charge < -0.3 is 10.1 Å². The summed E-state index contributed by atoms with van der Waals surface area (Å²) in [5.41, 5.74) is 0.564. The summed E-state index contributed by atoms with van der Waals surface area (Å²) in [5, 5.41) is 2.78. The van der Waals surface area contributed by atoms with Crippen LogP contribution in [0.3, 0.4) is 0 Å². The Morgan fingerprint density at radius 3 is 2.41 bits per heavy atom. The molecule has 0 radical (unpaired) electrons. The Balaban J connectivity index is 1.84. The molecule has 0 aliphatic carbocycles. The minimum atomic E-state index is -3.62. The normalized spacial score (nSPS) is 12.5. The highest BCUT2D eigenvalue weighted by Crippen LogP contribution is 2.19. The van der Waals surface area contributed by atoms with Gasteiger partial charge in [-0.15, -0.1) is 11.8 Å². The van der Waals surface area contributed by atoms with E-state index in [0.717, 1.165) is 4.90 Å². The molecule has 0 aliphatic rings. The van der Waals surface area contributed by atoms with E-state index in [9.17, 15) is 13.2 Å². The van der Waals surface area contributed by atoms with Gasteiger partial charge in [0, 0.05) is 35.9 Å². The predicted molar refractivity (Wildman–Crippen MR) is 109 cm³/mol. The standard InChI is InChI=1S/C19H24N2O4S2/c1-15(14-25-2)21-27(23,24)18-10-8-16(9-11-18)20-19(22)12-13-26-17-6-4-3-5-7-17/h3-11,15,21H,12-14H2,1-2H3,(H,20,22). The first-order valence-electron chi connectivity index (χ1n) is 8.50. The fourth-order valence-electron chi connectivity index (χ4n) is 2.34. The number of ether oxygens (including phenoxy) is 1. The Hall–Kier alpha value is -1.87. The maximum atomic E-state index is 12.3. The number of hydrogen-bond acceptors (Lipinski definition) is 5. The first kappa shape index (κ1) is 21.4. The molecule has 2 N–H and O–H groups in total. The van der Waals surface area contributed by atoms with Crippen molar-refractivity contribution in [3.05, 3.63) is 54.6 Å². The molecule has 0 aromatic heterocycles. The molecule has 2 rings (SSSR count). The molecule has 0 aliphatic heterocycles. The summed E-state index contributed by atoms with van der Waals surface area (Å²) in [4.78, 5) is 13.3. The smallest absolute Gasteiger partial charge is 0.240 e. The van der Waals surface area contributed by atoms with Crippen LogP contribution in [0.4, 0.5) is 5.69 Å². The van der Waals surface area contributed by atoms with Crippen LogP contribution >= 0.6 is 11.8 Å². The molecular formula is C19H24N2O4S2. The second kappa shape index (κ2) is 10.5. The molecule has 0 saturated heterocycles. The summed E-state index contributed by atoms with van der Waals surface area (Å²) < 4.78 is 32.0. The van der Waals surface area contributed by atoms with Gasteiger partial charge in [-0.05, 0) is 43.3 Å². The Kier molecular flexibility index (Phi) is 8.30. The summed E-state index contributed by atoms with van der Waals surface area (Å²) in [5.74, 6) is 0.560. The van der Waals surface area contributed by atoms with Gasteiger partial charge in [0.05, 0.1) is 11.5 Å². The Bertz CT molecular complexity index is 825. The maximum Gasteiger partial charge on any atom is 0.240 e. The minimum absolute atomic E-state index is 0.110. The van der Waals surface area contributed by atoms with Crippen molar-refractivity contribution in [2.24, 2.45) is 0 Å². The van der Waals surface area contributed by atoms with Crippen molar-refractivity contribution in [2.45, 2.75) is 29.2 Å². The van der Waals surface area contributed by atoms with Gasteiger partial charge in [0.2, 0.25) is 15.9 Å². The lowest BCUT2D eigenvalue weighted by Crippen LogP contribution is -2.35. The van der Waals surface area contributed by atoms with Gasteiger partial charge in [-0.25, -0.2) is 13.1 Å². The van der Waals surface area contributed by atoms with E-state index >= 15 is 0 Å². The van der Waals surface area contributed by atoms with Crippen LogP contribution in [0.1, 0.15) is 13.3 Å². The van der Waals surface area contributed by atoms with Gasteiger partial charge >= 0.3 is 0 Å². The highest BCUT2D eigenvalue weighted by molar-refractivity contribution is 7.99. The Morgan fingerprint density at radius 2 is 1.78 bits per heavy atom. The van der Waals surface area contributed by atoms with E-state index in [0.29, 0.717) is 17.9 Å². The number of carbonyl (C=O) groups excluding carboxylic acids is 1. The van der Waals surface area contributed by atoms with Crippen molar-refractivity contribution in [2.75, 3.05) is 24.8 Å². The molecule has 0 saturated carbocycles. The zero-order valence-corrected chi connectivity index (χ0v) is 17.0. The number of carbonyl (C=O) groups is 1. The molecule has 1 amide bonds. The monoisotopic (exact) mass is 408 g/mol. The van der Waals surface area contributed by atoms with Gasteiger partial charge in [0.1, 0.15) is 0 Å². The predicted octanol–water partition coefficient (Wildman–Crippen LogP) is 3.12. The fourth-order valence-corrected chi connectivity index (χ4v) is 4.44. The van der Waals surface area contributed by atoms with Crippen LogP contribution < -0.4 is 10.0 Å². The summed E-state index contributed by atoms with van der Waals surface area (Å²) in [6, 6.07) is 15.6. The van der Waals surface area contributed by atoms with Gasteiger partial charge in [-0.2, -0.15) is 0 Å². The van der Waals surface area contributed by atoms with Crippen molar-refractivity contribution in [3.8, 4) is 0 Å². The Morgan fingerprint density at radius 1 is 1.11 bits per heavy atom. The summed E-state index contributed by atoms with van der Waals surface area (Å²) >= 11 is 1.62. The lowest BCUT2D eigenvalue weighted by Gasteiger charge is -2.13. The number of sulfonamides is 1. The minimum Gasteiger partial charge on any atom is -0.383 e. The molecule has 0 heterocycles. The van der Waals surface area contributed by atoms with Crippen LogP contribution in [0.2, 0.25) is 0 Å². The van der Waals surface area contributed by atoms with Crippen molar-refractivity contribution >= 4 is 33.4 Å². The molecule has 2 aromatic carbocycles. The molecule has 146 valence electrons. The van der Waals surface area contributed by atoms with Crippen LogP contribution in [0, 0.1) is 0 Å². The van der Waals surface area contributed by atoms with Crippen molar-refractivity contribution < 1.29 is 17.9 Å². The van der Waals surface area contributed by atoms with Crippen molar-refractivity contribution in [1.82, 2.24) is 4.72 Å². The van der Waals surface area contributed by atoms with Gasteiger partial charge in [0.25, 0.3) is 0 Å². The number of nitrogens with one attached hydrogen (secondary N) is 2. The van der Waals surface area contributed by atoms with Crippen LogP contribution in [0.5, 0.6) is 0 Å². The van der Waals surface area contributed by atoms with Crippen LogP contribution in [-0.4, -0.2) is 39.8 Å². The van der Waals surface area contributed by atoms with Crippen LogP contribution in [0.15, 0.2) is 64.4 Å². The summed E-state index contributed by atoms with van der Waals surface area (Å²) in [6.45, 7) is 2.01. The topological polar surface area (TPSA) is 84.5 Å². The van der Waals surface area contributed by atoms with E-state index in [-0.39, 0.29) is 23.5 Å². The van der Waals surface area contributed by atoms with Crippen LogP contribution in [0.25, 0.3) is 0 Å². The third kappa shape index (κ3) is 7.34. The van der Waals surface area contributed by atoms with E-state index in [4.69, 9.17) is 4.74 Å². The largest absolute Gasteiger partial charge is 0.383 e. The van der Waals surface area contributed by atoms with Crippen molar-refractivity contribution in [3.63, 3.8) is 0 Å². The summed E-state index contributed by atoms with van der Waals surface area (Å²) in [6.07, 6.45) is 0.371. The first-order valence-corrected chi connectivity index (χ1v) is 11.0. The first-order chi connectivity index (χ1) is 12.9. The van der Waals surface area contributed by atoms with Gasteiger partial charge in [-0.1, -0.05) is 18.2 Å². The number of benzene rings is 2. The molecule has 6 nitrogen and oxygen atoms in total. The van der Waals surface area contributed by atoms with E-state index in [1.165, 1.54) is 19.2 Å². The zero-order chi connectivity index (χ0) is 19.7. The van der Waals surface area contributed by atoms with Crippen LogP contribution in [-0.2, 0) is 19.6 Å². The maximum absolute atomic E-state index is 12.3. The van der Waals surface area contributed by atoms with E-state index in [1.54, 1.807) is 30.8 Å². The molecule has 0 bridgehead atoms. The fraction of sp³-hybridized carbons (Fsp3) is 0.316. The second-order valence-electron chi connectivity index (χ2n) is 5.96. The molecule has 1 atom stereocenters. The molecule has 1 unspecified atom stereocenters. The lowest BCUT2D eigenvalue weighted by molar-refractivity contribution is -0.115. The number of anilines is 1. The molecule has 2 aromatic rings. The SMILES string of the molecule is COCC(C)NS(=O)(=O)c1ccc(NC(=O)CCSc2ccccc2)cc1. The number of hydrogen-bond donors (Lipinski definition) is 2. The third-order valence-electron chi connectivity index (χ3n) is 3.56. The summed E-state index contributed by atoms with van der Waals surface area (Å²) in [7, 11) is -2.10. The van der Waals surface area contributed by atoms with Gasteiger partial charge in [0.15, 0.2) is 0 Å². The Labute approximate surface area is 164 Å². The highest BCUT2D eigenvalue weighted by Gasteiger charge is 2.17. The number of rotatable bonds is 10.